The number of halogens is 1. The van der Waals surface area contributed by atoms with Crippen LogP contribution in [0.5, 0.6) is 0 Å². The molecule has 0 radical (unpaired) electrons. The Kier molecular flexibility index (Phi) is 5.00. The van der Waals surface area contributed by atoms with Gasteiger partial charge in [0.1, 0.15) is 5.82 Å². The van der Waals surface area contributed by atoms with E-state index in [0.717, 1.165) is 39.2 Å². The fourth-order valence-corrected chi connectivity index (χ4v) is 4.92. The fourth-order valence-electron chi connectivity index (χ4n) is 3.28. The van der Waals surface area contributed by atoms with Crippen molar-refractivity contribution in [2.24, 2.45) is 0 Å². The third-order valence-corrected chi connectivity index (χ3v) is 6.14. The molecule has 1 N–H and O–H groups in total. The molecule has 0 unspecified atom stereocenters. The Morgan fingerprint density at radius 1 is 1.00 bits per heavy atom. The third-order valence-electron chi connectivity index (χ3n) is 4.43. The maximum absolute atomic E-state index is 13.8. The first-order valence-electron chi connectivity index (χ1n) is 8.70. The molecule has 0 amide bonds. The normalized spacial score (nSPS) is 14.9. The highest BCUT2D eigenvalue weighted by atomic mass is 32.2. The highest BCUT2D eigenvalue weighted by Crippen LogP contribution is 2.41. The summed E-state index contributed by atoms with van der Waals surface area (Å²) >= 11 is 1.62. The van der Waals surface area contributed by atoms with E-state index in [0.29, 0.717) is 5.69 Å². The smallest absolute Gasteiger partial charge is 0.229 e. The Balaban J connectivity index is 1.88. The van der Waals surface area contributed by atoms with Crippen LogP contribution in [0.15, 0.2) is 71.6 Å². The van der Waals surface area contributed by atoms with E-state index in [9.17, 15) is 12.8 Å². The Hall–Kier alpha value is -2.57. The van der Waals surface area contributed by atoms with Crippen LogP contribution >= 0.6 is 11.8 Å². The van der Waals surface area contributed by atoms with Gasteiger partial charge in [0.05, 0.1) is 6.26 Å². The molecule has 1 aliphatic heterocycles. The molecule has 0 atom stereocenters. The van der Waals surface area contributed by atoms with Crippen molar-refractivity contribution in [1.82, 2.24) is 0 Å². The lowest BCUT2D eigenvalue weighted by Crippen LogP contribution is -2.09. The lowest BCUT2D eigenvalue weighted by atomic mass is 9.92. The minimum Gasteiger partial charge on any atom is -0.284 e. The maximum atomic E-state index is 13.8. The summed E-state index contributed by atoms with van der Waals surface area (Å²) in [4.78, 5) is 0.896. The molecule has 3 aromatic rings. The van der Waals surface area contributed by atoms with Gasteiger partial charge in [-0.2, -0.15) is 0 Å². The summed E-state index contributed by atoms with van der Waals surface area (Å²) in [5.74, 6) is 0.510. The summed E-state index contributed by atoms with van der Waals surface area (Å²) in [5, 5.41) is 0. The quantitative estimate of drug-likeness (QED) is 0.628. The summed E-state index contributed by atoms with van der Waals surface area (Å²) in [6.07, 6.45) is 3.15. The number of nitrogens with one attached hydrogen (secondary N) is 1. The first kappa shape index (κ1) is 18.8. The molecule has 3 nitrogen and oxygen atoms in total. The van der Waals surface area contributed by atoms with Crippen LogP contribution in [0.4, 0.5) is 10.1 Å². The number of anilines is 1. The van der Waals surface area contributed by atoms with Gasteiger partial charge in [-0.05, 0) is 58.2 Å². The Bertz CT molecular complexity index is 1190. The first-order chi connectivity index (χ1) is 13.4. The van der Waals surface area contributed by atoms with Crippen LogP contribution in [-0.4, -0.2) is 14.7 Å². The van der Waals surface area contributed by atoms with E-state index in [-0.39, 0.29) is 5.82 Å². The van der Waals surface area contributed by atoms with Crippen LogP contribution in [0.3, 0.4) is 0 Å². The number of rotatable bonds is 3. The van der Waals surface area contributed by atoms with E-state index in [1.807, 2.05) is 36.4 Å². The van der Waals surface area contributed by atoms with E-state index in [4.69, 9.17) is 0 Å². The Labute approximate surface area is 168 Å². The summed E-state index contributed by atoms with van der Waals surface area (Å²) in [6, 6.07) is 20.2. The van der Waals surface area contributed by atoms with Crippen molar-refractivity contribution >= 4 is 39.1 Å². The van der Waals surface area contributed by atoms with Crippen molar-refractivity contribution < 1.29 is 12.8 Å². The van der Waals surface area contributed by atoms with Gasteiger partial charge >= 0.3 is 0 Å². The monoisotopic (exact) mass is 411 g/mol. The van der Waals surface area contributed by atoms with Gasteiger partial charge in [0.2, 0.25) is 10.0 Å². The van der Waals surface area contributed by atoms with Crippen LogP contribution in [0, 0.1) is 5.82 Å². The maximum Gasteiger partial charge on any atom is 0.229 e. The molecule has 0 saturated heterocycles. The fraction of sp³-hybridized carbons (Fsp3) is 0.0909. The zero-order valence-corrected chi connectivity index (χ0v) is 16.8. The number of benzene rings is 3. The summed E-state index contributed by atoms with van der Waals surface area (Å²) in [5.41, 5.74) is 5.61. The molecule has 1 heterocycles. The van der Waals surface area contributed by atoms with Crippen LogP contribution in [0.1, 0.15) is 22.3 Å². The number of fused-ring (bicyclic) bond motifs is 2. The molecule has 6 heteroatoms. The summed E-state index contributed by atoms with van der Waals surface area (Å²) in [6.45, 7) is 0. The SMILES string of the molecule is CS(=O)(=O)Nc1cccc(/C=C2\c3ccccc3CSc3cc(F)ccc32)c1. The predicted octanol–water partition coefficient (Wildman–Crippen LogP) is 5.39. The highest BCUT2D eigenvalue weighted by Gasteiger charge is 2.19. The number of hydrogen-bond acceptors (Lipinski definition) is 3. The topological polar surface area (TPSA) is 46.2 Å². The van der Waals surface area contributed by atoms with Gasteiger partial charge in [-0.25, -0.2) is 12.8 Å². The van der Waals surface area contributed by atoms with Crippen molar-refractivity contribution in [3.63, 3.8) is 0 Å². The Morgan fingerprint density at radius 3 is 2.64 bits per heavy atom. The molecular formula is C22H18FNO2S2. The van der Waals surface area contributed by atoms with E-state index >= 15 is 0 Å². The molecule has 0 spiro atoms. The van der Waals surface area contributed by atoms with Gasteiger partial charge in [-0.3, -0.25) is 4.72 Å². The van der Waals surface area contributed by atoms with Crippen molar-refractivity contribution in [3.8, 4) is 0 Å². The zero-order valence-electron chi connectivity index (χ0n) is 15.1. The number of hydrogen-bond donors (Lipinski definition) is 1. The predicted molar refractivity (Wildman–Crippen MR) is 114 cm³/mol. The molecule has 0 aliphatic carbocycles. The number of thioether (sulfide) groups is 1. The lowest BCUT2D eigenvalue weighted by Gasteiger charge is -2.12. The molecule has 28 heavy (non-hydrogen) atoms. The molecule has 142 valence electrons. The average Bonchev–Trinajstić information content (AvgIpc) is 2.78. The minimum atomic E-state index is -3.35. The Morgan fingerprint density at radius 2 is 1.82 bits per heavy atom. The van der Waals surface area contributed by atoms with E-state index in [2.05, 4.69) is 16.9 Å². The van der Waals surface area contributed by atoms with Gasteiger partial charge in [0.25, 0.3) is 0 Å². The molecule has 1 aliphatic rings. The summed E-state index contributed by atoms with van der Waals surface area (Å²) < 4.78 is 39.4. The van der Waals surface area contributed by atoms with Crippen molar-refractivity contribution in [1.29, 1.82) is 0 Å². The first-order valence-corrected chi connectivity index (χ1v) is 11.6. The minimum absolute atomic E-state index is 0.254. The van der Waals surface area contributed by atoms with Gasteiger partial charge in [-0.15, -0.1) is 11.8 Å². The van der Waals surface area contributed by atoms with Crippen LogP contribution in [-0.2, 0) is 15.8 Å². The van der Waals surface area contributed by atoms with Gasteiger partial charge in [0.15, 0.2) is 0 Å². The van der Waals surface area contributed by atoms with Gasteiger partial charge < -0.3 is 0 Å². The van der Waals surface area contributed by atoms with E-state index < -0.39 is 10.0 Å². The highest BCUT2D eigenvalue weighted by molar-refractivity contribution is 7.98. The molecule has 0 saturated carbocycles. The number of sulfonamides is 1. The average molecular weight is 412 g/mol. The lowest BCUT2D eigenvalue weighted by molar-refractivity contribution is 0.607. The molecule has 4 rings (SSSR count). The van der Waals surface area contributed by atoms with E-state index in [1.54, 1.807) is 30.0 Å². The molecule has 0 aromatic heterocycles. The second-order valence-electron chi connectivity index (χ2n) is 6.64. The van der Waals surface area contributed by atoms with Crippen LogP contribution in [0.2, 0.25) is 0 Å². The van der Waals surface area contributed by atoms with Crippen molar-refractivity contribution in [3.05, 3.63) is 94.8 Å². The molecule has 3 aromatic carbocycles. The molecular weight excluding hydrogens is 393 g/mol. The second kappa shape index (κ2) is 7.45. The van der Waals surface area contributed by atoms with E-state index in [1.165, 1.54) is 11.6 Å². The van der Waals surface area contributed by atoms with Crippen molar-refractivity contribution in [2.75, 3.05) is 11.0 Å². The van der Waals surface area contributed by atoms with Crippen LogP contribution < -0.4 is 4.72 Å². The third kappa shape index (κ3) is 4.13. The second-order valence-corrected chi connectivity index (χ2v) is 9.41. The van der Waals surface area contributed by atoms with Gasteiger partial charge in [-0.1, -0.05) is 42.5 Å². The standard InChI is InChI=1S/C22H18FNO2S2/c1-28(25,26)24-18-7-4-5-15(11-18)12-21-19-8-3-2-6-16(19)14-27-22-13-17(23)9-10-20(21)22/h2-13,24H,14H2,1H3/b21-12+. The largest absolute Gasteiger partial charge is 0.284 e. The molecule has 0 fully saturated rings. The molecule has 0 bridgehead atoms. The van der Waals surface area contributed by atoms with Crippen LogP contribution in [0.25, 0.3) is 11.6 Å². The zero-order chi connectivity index (χ0) is 19.7. The summed E-state index contributed by atoms with van der Waals surface area (Å²) in [7, 11) is -3.35. The van der Waals surface area contributed by atoms with Crippen molar-refractivity contribution in [2.45, 2.75) is 10.6 Å². The van der Waals surface area contributed by atoms with Gasteiger partial charge in [0, 0.05) is 16.3 Å².